The quantitative estimate of drug-likeness (QED) is 0.195. The van der Waals surface area contributed by atoms with E-state index in [0.717, 1.165) is 11.3 Å². The summed E-state index contributed by atoms with van der Waals surface area (Å²) in [6.45, 7) is 6.37. The summed E-state index contributed by atoms with van der Waals surface area (Å²) >= 11 is 5.85. The van der Waals surface area contributed by atoms with E-state index in [1.165, 1.54) is 26.5 Å². The Balaban J connectivity index is 3.05. The molecular formula is C20H31ClN4O4S2. The number of anilines is 1. The second-order valence-corrected chi connectivity index (χ2v) is 9.72. The molecule has 31 heavy (non-hydrogen) atoms. The Morgan fingerprint density at radius 1 is 1.29 bits per heavy atom. The van der Waals surface area contributed by atoms with Gasteiger partial charge in [0, 0.05) is 53.6 Å². The highest BCUT2D eigenvalue weighted by Gasteiger charge is 2.24. The number of nitrogens with two attached hydrogens (primary N) is 1. The van der Waals surface area contributed by atoms with Crippen LogP contribution in [-0.2, 0) is 16.1 Å². The molecule has 1 rings (SSSR count). The summed E-state index contributed by atoms with van der Waals surface area (Å²) in [5.41, 5.74) is 7.27. The van der Waals surface area contributed by atoms with Crippen LogP contribution in [0.25, 0.3) is 0 Å². The van der Waals surface area contributed by atoms with E-state index in [0.29, 0.717) is 37.1 Å². The van der Waals surface area contributed by atoms with Crippen LogP contribution in [0, 0.1) is 0 Å². The Bertz CT molecular complexity index is 754. The standard InChI is InChI=1S/C20H31ClN4O4S2/c1-4-24(12-28)14(2)17(7-9-26)30-31-18(8-10-27)15(3)25(13-29)11-16-5-6-19(21)23-20(16)22/h5-6,12-14,17,26-27H,4,7-11H2,1-3H3,(H2,22,23)/b18-15-. The number of carbonyl (C=O) groups excluding carboxylic acids is 2. The predicted octanol–water partition coefficient (Wildman–Crippen LogP) is 2.89. The Morgan fingerprint density at radius 3 is 2.52 bits per heavy atom. The van der Waals surface area contributed by atoms with Crippen LogP contribution in [0.4, 0.5) is 5.82 Å². The van der Waals surface area contributed by atoms with Crippen LogP contribution < -0.4 is 5.73 Å². The van der Waals surface area contributed by atoms with Gasteiger partial charge in [0.2, 0.25) is 12.8 Å². The largest absolute Gasteiger partial charge is 0.396 e. The number of carbonyl (C=O) groups is 2. The van der Waals surface area contributed by atoms with Gasteiger partial charge in [-0.1, -0.05) is 39.3 Å². The van der Waals surface area contributed by atoms with Gasteiger partial charge in [-0.3, -0.25) is 9.59 Å². The summed E-state index contributed by atoms with van der Waals surface area (Å²) in [4.78, 5) is 31.2. The van der Waals surface area contributed by atoms with E-state index in [4.69, 9.17) is 17.3 Å². The maximum atomic E-state index is 11.8. The number of hydrogen-bond donors (Lipinski definition) is 3. The van der Waals surface area contributed by atoms with Crippen LogP contribution in [0.5, 0.6) is 0 Å². The van der Waals surface area contributed by atoms with Crippen molar-refractivity contribution in [2.75, 3.05) is 25.5 Å². The van der Waals surface area contributed by atoms with Crippen molar-refractivity contribution in [1.82, 2.24) is 14.8 Å². The van der Waals surface area contributed by atoms with Gasteiger partial charge in [0.15, 0.2) is 0 Å². The number of nitrogen functional groups attached to an aromatic ring is 1. The monoisotopic (exact) mass is 490 g/mol. The molecule has 0 saturated heterocycles. The van der Waals surface area contributed by atoms with E-state index >= 15 is 0 Å². The van der Waals surface area contributed by atoms with Gasteiger partial charge < -0.3 is 25.7 Å². The highest BCUT2D eigenvalue weighted by Crippen LogP contribution is 2.40. The lowest BCUT2D eigenvalue weighted by Crippen LogP contribution is -2.39. The molecule has 8 nitrogen and oxygen atoms in total. The fraction of sp³-hybridized carbons (Fsp3) is 0.550. The molecule has 0 fully saturated rings. The molecule has 0 bridgehead atoms. The van der Waals surface area contributed by atoms with E-state index in [2.05, 4.69) is 4.98 Å². The minimum Gasteiger partial charge on any atom is -0.396 e. The van der Waals surface area contributed by atoms with Gasteiger partial charge in [-0.15, -0.1) is 0 Å². The molecule has 0 aromatic carbocycles. The molecule has 1 heterocycles. The summed E-state index contributed by atoms with van der Waals surface area (Å²) in [5.74, 6) is 0.253. The molecule has 2 unspecified atom stereocenters. The highest BCUT2D eigenvalue weighted by molar-refractivity contribution is 8.78. The average Bonchev–Trinajstić information content (AvgIpc) is 2.75. The molecule has 0 spiro atoms. The molecule has 2 atom stereocenters. The van der Waals surface area contributed by atoms with Crippen molar-refractivity contribution in [3.8, 4) is 0 Å². The molecule has 1 aromatic rings. The lowest BCUT2D eigenvalue weighted by molar-refractivity contribution is -0.119. The number of rotatable bonds is 15. The molecule has 0 radical (unpaired) electrons. The summed E-state index contributed by atoms with van der Waals surface area (Å²) in [6, 6.07) is 3.26. The Hall–Kier alpha value is -1.46. The van der Waals surface area contributed by atoms with Crippen molar-refractivity contribution < 1.29 is 19.8 Å². The van der Waals surface area contributed by atoms with E-state index in [-0.39, 0.29) is 42.0 Å². The maximum Gasteiger partial charge on any atom is 0.214 e. The number of halogens is 1. The lowest BCUT2D eigenvalue weighted by atomic mass is 10.1. The van der Waals surface area contributed by atoms with Gasteiger partial charge in [-0.25, -0.2) is 4.98 Å². The Kier molecular flexibility index (Phi) is 13.0. The van der Waals surface area contributed by atoms with Gasteiger partial charge in [0.05, 0.1) is 6.54 Å². The van der Waals surface area contributed by atoms with Gasteiger partial charge in [-0.05, 0) is 33.3 Å². The smallest absolute Gasteiger partial charge is 0.214 e. The molecule has 11 heteroatoms. The van der Waals surface area contributed by atoms with Crippen molar-refractivity contribution in [3.05, 3.63) is 33.5 Å². The van der Waals surface area contributed by atoms with E-state index in [9.17, 15) is 19.8 Å². The summed E-state index contributed by atoms with van der Waals surface area (Å²) in [7, 11) is 2.96. The molecule has 2 amide bonds. The second-order valence-electron chi connectivity index (χ2n) is 6.80. The SMILES string of the molecule is CCN(C=O)C(C)C(CCO)SS/C(CCO)=C(/C)N(C=O)Cc1ccc(Cl)nc1N. The summed E-state index contributed by atoms with van der Waals surface area (Å²) in [5, 5.41) is 19.3. The minimum absolute atomic E-state index is 0.000312. The first-order chi connectivity index (χ1) is 14.8. The van der Waals surface area contributed by atoms with Crippen molar-refractivity contribution >= 4 is 51.8 Å². The van der Waals surface area contributed by atoms with Gasteiger partial charge in [-0.2, -0.15) is 0 Å². The van der Waals surface area contributed by atoms with Crippen molar-refractivity contribution in [2.45, 2.75) is 51.4 Å². The third kappa shape index (κ3) is 8.53. The minimum atomic E-state index is -0.0788. The number of allylic oxidation sites excluding steroid dienone is 1. The molecule has 174 valence electrons. The molecular weight excluding hydrogens is 460 g/mol. The van der Waals surface area contributed by atoms with Crippen LogP contribution in [0.3, 0.4) is 0 Å². The number of amides is 2. The number of hydrogen-bond acceptors (Lipinski definition) is 8. The third-order valence-electron chi connectivity index (χ3n) is 4.87. The second kappa shape index (κ2) is 14.6. The maximum absolute atomic E-state index is 11.8. The fourth-order valence-electron chi connectivity index (χ4n) is 2.86. The molecule has 1 aromatic heterocycles. The molecule has 0 aliphatic heterocycles. The number of aliphatic hydroxyl groups is 2. The zero-order valence-corrected chi connectivity index (χ0v) is 20.4. The average molecular weight is 491 g/mol. The number of aliphatic hydroxyl groups excluding tert-OH is 2. The molecule has 4 N–H and O–H groups in total. The topological polar surface area (TPSA) is 120 Å². The number of aromatic nitrogens is 1. The Labute approximate surface area is 196 Å². The first kappa shape index (κ1) is 27.6. The first-order valence-corrected chi connectivity index (χ1v) is 12.5. The van der Waals surface area contributed by atoms with Crippen molar-refractivity contribution in [2.24, 2.45) is 0 Å². The van der Waals surface area contributed by atoms with Crippen LogP contribution in [0.2, 0.25) is 5.15 Å². The van der Waals surface area contributed by atoms with Crippen LogP contribution in [0.1, 0.15) is 39.2 Å². The van der Waals surface area contributed by atoms with Crippen LogP contribution >= 0.6 is 33.2 Å². The zero-order chi connectivity index (χ0) is 23.4. The summed E-state index contributed by atoms with van der Waals surface area (Å²) < 4.78 is 0. The molecule has 0 aliphatic rings. The molecule has 0 saturated carbocycles. The summed E-state index contributed by atoms with van der Waals surface area (Å²) in [6.07, 6.45) is 2.41. The Morgan fingerprint density at radius 2 is 2.00 bits per heavy atom. The predicted molar refractivity (Wildman–Crippen MR) is 128 cm³/mol. The third-order valence-corrected chi connectivity index (χ3v) is 8.39. The van der Waals surface area contributed by atoms with E-state index < -0.39 is 0 Å². The molecule has 0 aliphatic carbocycles. The number of nitrogens with zero attached hydrogens (tertiary/aromatic N) is 3. The van der Waals surface area contributed by atoms with E-state index in [1.807, 2.05) is 13.8 Å². The van der Waals surface area contributed by atoms with Crippen LogP contribution in [-0.4, -0.2) is 68.9 Å². The van der Waals surface area contributed by atoms with E-state index in [1.54, 1.807) is 24.0 Å². The van der Waals surface area contributed by atoms with Crippen molar-refractivity contribution in [1.29, 1.82) is 0 Å². The van der Waals surface area contributed by atoms with Gasteiger partial charge in [0.25, 0.3) is 0 Å². The zero-order valence-electron chi connectivity index (χ0n) is 18.0. The first-order valence-electron chi connectivity index (χ1n) is 9.91. The lowest BCUT2D eigenvalue weighted by Gasteiger charge is -2.31. The van der Waals surface area contributed by atoms with Gasteiger partial charge >= 0.3 is 0 Å². The van der Waals surface area contributed by atoms with Gasteiger partial charge in [0.1, 0.15) is 11.0 Å². The fourth-order valence-corrected chi connectivity index (χ4v) is 6.29. The highest BCUT2D eigenvalue weighted by atomic mass is 35.5. The van der Waals surface area contributed by atoms with Crippen molar-refractivity contribution in [3.63, 3.8) is 0 Å². The van der Waals surface area contributed by atoms with Crippen LogP contribution in [0.15, 0.2) is 22.7 Å². The number of pyridine rings is 1. The normalized spacial score (nSPS) is 13.9.